The fourth-order valence-electron chi connectivity index (χ4n) is 1.89. The largest absolute Gasteiger partial charge is 0.457 e. The van der Waals surface area contributed by atoms with Crippen LogP contribution in [0, 0.1) is 0 Å². The Hall–Kier alpha value is -2.15. The smallest absolute Gasteiger partial charge is 0.338 e. The van der Waals surface area contributed by atoms with E-state index in [1.165, 1.54) is 24.3 Å². The van der Waals surface area contributed by atoms with Gasteiger partial charge in [-0.1, -0.05) is 48.0 Å². The predicted molar refractivity (Wildman–Crippen MR) is 92.4 cm³/mol. The van der Waals surface area contributed by atoms with Gasteiger partial charge in [-0.05, 0) is 23.8 Å². The molecule has 0 aliphatic rings. The zero-order valence-corrected chi connectivity index (χ0v) is 14.3. The molecule has 5 nitrogen and oxygen atoms in total. The normalized spacial score (nSPS) is 11.0. The highest BCUT2D eigenvalue weighted by molar-refractivity contribution is 7.89. The molecule has 0 amide bonds. The van der Waals surface area contributed by atoms with Crippen molar-refractivity contribution in [3.8, 4) is 0 Å². The third kappa shape index (κ3) is 4.67. The molecule has 0 heterocycles. The number of hydrogen-bond acceptors (Lipinski definition) is 4. The highest BCUT2D eigenvalue weighted by atomic mass is 35.5. The molecule has 0 radical (unpaired) electrons. The Morgan fingerprint density at radius 2 is 1.92 bits per heavy atom. The van der Waals surface area contributed by atoms with Crippen LogP contribution in [0.1, 0.15) is 15.9 Å². The number of benzene rings is 2. The number of nitrogens with one attached hydrogen (secondary N) is 1. The summed E-state index contributed by atoms with van der Waals surface area (Å²) in [5, 5.41) is 0.0196. The zero-order valence-electron chi connectivity index (χ0n) is 12.7. The summed E-state index contributed by atoms with van der Waals surface area (Å²) < 4.78 is 31.8. The molecule has 1 N–H and O–H groups in total. The van der Waals surface area contributed by atoms with Gasteiger partial charge in [-0.2, -0.15) is 0 Å². The molecule has 0 aliphatic carbocycles. The maximum Gasteiger partial charge on any atom is 0.338 e. The van der Waals surface area contributed by atoms with Gasteiger partial charge in [0.15, 0.2) is 0 Å². The Labute approximate surface area is 146 Å². The molecule has 126 valence electrons. The SMILES string of the molecule is C=CCNS(=O)(=O)c1cc(C(=O)OCc2ccccc2)ccc1Cl. The number of carbonyl (C=O) groups excluding carboxylic acids is 1. The number of ether oxygens (including phenoxy) is 1. The van der Waals surface area contributed by atoms with Crippen LogP contribution in [0.25, 0.3) is 0 Å². The van der Waals surface area contributed by atoms with Gasteiger partial charge >= 0.3 is 5.97 Å². The van der Waals surface area contributed by atoms with E-state index < -0.39 is 16.0 Å². The Morgan fingerprint density at radius 1 is 1.21 bits per heavy atom. The van der Waals surface area contributed by atoms with E-state index in [0.29, 0.717) is 0 Å². The molecule has 2 rings (SSSR count). The van der Waals surface area contributed by atoms with Crippen molar-refractivity contribution in [2.24, 2.45) is 0 Å². The molecule has 0 unspecified atom stereocenters. The lowest BCUT2D eigenvalue weighted by atomic mass is 10.2. The van der Waals surface area contributed by atoms with Crippen molar-refractivity contribution in [1.29, 1.82) is 0 Å². The van der Waals surface area contributed by atoms with E-state index in [9.17, 15) is 13.2 Å². The Morgan fingerprint density at radius 3 is 2.58 bits per heavy atom. The van der Waals surface area contributed by atoms with Gasteiger partial charge in [0.05, 0.1) is 10.6 Å². The summed E-state index contributed by atoms with van der Waals surface area (Å²) in [4.78, 5) is 11.9. The summed E-state index contributed by atoms with van der Waals surface area (Å²) in [6.45, 7) is 3.60. The molecule has 0 fully saturated rings. The predicted octanol–water partition coefficient (Wildman–Crippen LogP) is 3.16. The van der Waals surface area contributed by atoms with E-state index in [4.69, 9.17) is 16.3 Å². The molecule has 0 spiro atoms. The highest BCUT2D eigenvalue weighted by Gasteiger charge is 2.20. The van der Waals surface area contributed by atoms with Gasteiger partial charge in [0.1, 0.15) is 11.5 Å². The summed E-state index contributed by atoms with van der Waals surface area (Å²) in [5.74, 6) is -0.629. The van der Waals surface area contributed by atoms with Crippen molar-refractivity contribution in [3.05, 3.63) is 77.3 Å². The fraction of sp³-hybridized carbons (Fsp3) is 0.118. The van der Waals surface area contributed by atoms with Crippen LogP contribution in [0.4, 0.5) is 0 Å². The van der Waals surface area contributed by atoms with Crippen LogP contribution in [-0.2, 0) is 21.4 Å². The van der Waals surface area contributed by atoms with E-state index >= 15 is 0 Å². The first-order chi connectivity index (χ1) is 11.4. The van der Waals surface area contributed by atoms with E-state index in [0.717, 1.165) is 5.56 Å². The van der Waals surface area contributed by atoms with Crippen molar-refractivity contribution >= 4 is 27.6 Å². The van der Waals surface area contributed by atoms with Gasteiger partial charge in [0.2, 0.25) is 10.0 Å². The summed E-state index contributed by atoms with van der Waals surface area (Å²) >= 11 is 5.94. The van der Waals surface area contributed by atoms with Gasteiger partial charge in [-0.15, -0.1) is 6.58 Å². The maximum atomic E-state index is 12.2. The van der Waals surface area contributed by atoms with E-state index in [1.807, 2.05) is 30.3 Å². The van der Waals surface area contributed by atoms with Crippen LogP contribution < -0.4 is 4.72 Å². The second-order valence-electron chi connectivity index (χ2n) is 4.85. The first-order valence-electron chi connectivity index (χ1n) is 7.05. The van der Waals surface area contributed by atoms with E-state index in [1.54, 1.807) is 0 Å². The van der Waals surface area contributed by atoms with Gasteiger partial charge < -0.3 is 4.74 Å². The third-order valence-electron chi connectivity index (χ3n) is 3.09. The first-order valence-corrected chi connectivity index (χ1v) is 8.91. The molecule has 0 saturated carbocycles. The molecule has 0 saturated heterocycles. The molecule has 0 atom stereocenters. The number of hydrogen-bond donors (Lipinski definition) is 1. The van der Waals surface area contributed by atoms with Crippen molar-refractivity contribution in [2.75, 3.05) is 6.54 Å². The third-order valence-corrected chi connectivity index (χ3v) is 4.99. The molecular formula is C17H16ClNO4S. The van der Waals surface area contributed by atoms with Crippen LogP contribution in [0.2, 0.25) is 5.02 Å². The molecule has 2 aromatic rings. The second-order valence-corrected chi connectivity index (χ2v) is 6.99. The molecule has 2 aromatic carbocycles. The summed E-state index contributed by atoms with van der Waals surface area (Å²) in [7, 11) is -3.84. The van der Waals surface area contributed by atoms with Crippen molar-refractivity contribution in [1.82, 2.24) is 4.72 Å². The molecule has 0 aliphatic heterocycles. The van der Waals surface area contributed by atoms with Crippen molar-refractivity contribution in [3.63, 3.8) is 0 Å². The molecule has 0 bridgehead atoms. The van der Waals surface area contributed by atoms with Crippen LogP contribution in [-0.4, -0.2) is 20.9 Å². The van der Waals surface area contributed by atoms with Crippen molar-refractivity contribution < 1.29 is 17.9 Å². The van der Waals surface area contributed by atoms with Crippen LogP contribution >= 0.6 is 11.6 Å². The number of carbonyl (C=O) groups is 1. The van der Waals surface area contributed by atoms with Crippen LogP contribution in [0.5, 0.6) is 0 Å². The molecular weight excluding hydrogens is 350 g/mol. The minimum Gasteiger partial charge on any atom is -0.457 e. The van der Waals surface area contributed by atoms with Crippen LogP contribution in [0.15, 0.2) is 66.1 Å². The maximum absolute atomic E-state index is 12.2. The summed E-state index contributed by atoms with van der Waals surface area (Å²) in [6.07, 6.45) is 1.41. The highest BCUT2D eigenvalue weighted by Crippen LogP contribution is 2.23. The number of sulfonamides is 1. The summed E-state index contributed by atoms with van der Waals surface area (Å²) in [5.41, 5.74) is 0.939. The summed E-state index contributed by atoms with van der Waals surface area (Å²) in [6, 6.07) is 13.1. The fourth-order valence-corrected chi connectivity index (χ4v) is 3.41. The van der Waals surface area contributed by atoms with E-state index in [2.05, 4.69) is 11.3 Å². The molecule has 24 heavy (non-hydrogen) atoms. The Balaban J connectivity index is 2.18. The van der Waals surface area contributed by atoms with Gasteiger partial charge in [-0.25, -0.2) is 17.9 Å². The van der Waals surface area contributed by atoms with Crippen LogP contribution in [0.3, 0.4) is 0 Å². The number of esters is 1. The average molecular weight is 366 g/mol. The molecule has 7 heteroatoms. The lowest BCUT2D eigenvalue weighted by molar-refractivity contribution is 0.0472. The second kappa shape index (κ2) is 8.10. The number of rotatable bonds is 7. The standard InChI is InChI=1S/C17H16ClNO4S/c1-2-10-19-24(21,22)16-11-14(8-9-15(16)18)17(20)23-12-13-6-4-3-5-7-13/h2-9,11,19H,1,10,12H2. The lowest BCUT2D eigenvalue weighted by Gasteiger charge is -2.09. The minimum absolute atomic E-state index is 0.0196. The average Bonchev–Trinajstić information content (AvgIpc) is 2.59. The Bertz CT molecular complexity index is 835. The topological polar surface area (TPSA) is 72.5 Å². The van der Waals surface area contributed by atoms with E-state index in [-0.39, 0.29) is 28.6 Å². The first kappa shape index (κ1) is 18.2. The molecule has 0 aromatic heterocycles. The van der Waals surface area contributed by atoms with Gasteiger partial charge in [-0.3, -0.25) is 0 Å². The zero-order chi connectivity index (χ0) is 17.6. The van der Waals surface area contributed by atoms with Gasteiger partial charge in [0, 0.05) is 6.54 Å². The minimum atomic E-state index is -3.84. The number of halogens is 1. The monoisotopic (exact) mass is 365 g/mol. The Kier molecular flexibility index (Phi) is 6.14. The van der Waals surface area contributed by atoms with Crippen molar-refractivity contribution in [2.45, 2.75) is 11.5 Å². The lowest BCUT2D eigenvalue weighted by Crippen LogP contribution is -2.24. The van der Waals surface area contributed by atoms with Gasteiger partial charge in [0.25, 0.3) is 0 Å². The quantitative estimate of drug-likeness (QED) is 0.604.